The van der Waals surface area contributed by atoms with Crippen LogP contribution in [0.3, 0.4) is 0 Å². The summed E-state index contributed by atoms with van der Waals surface area (Å²) in [6.45, 7) is 9.47. The summed E-state index contributed by atoms with van der Waals surface area (Å²) in [5.74, 6) is 1.93. The topological polar surface area (TPSA) is 82.0 Å². The Morgan fingerprint density at radius 2 is 2.09 bits per heavy atom. The molecule has 32 heavy (non-hydrogen) atoms. The zero-order chi connectivity index (χ0) is 23.4. The van der Waals surface area contributed by atoms with E-state index < -0.39 is 24.2 Å². The van der Waals surface area contributed by atoms with Crippen molar-refractivity contribution in [3.8, 4) is 5.75 Å². The molecule has 2 bridgehead atoms. The van der Waals surface area contributed by atoms with Crippen molar-refractivity contribution in [2.24, 2.45) is 29.1 Å². The summed E-state index contributed by atoms with van der Waals surface area (Å²) in [6, 6.07) is 5.54. The lowest BCUT2D eigenvalue weighted by atomic mass is 9.45. The Hall–Kier alpha value is -0.900. The van der Waals surface area contributed by atoms with Gasteiger partial charge in [-0.2, -0.15) is 0 Å². The number of aliphatic hydroxyl groups is 2. The summed E-state index contributed by atoms with van der Waals surface area (Å²) in [4.78, 5) is 15.6. The van der Waals surface area contributed by atoms with Gasteiger partial charge in [0.15, 0.2) is 0 Å². The van der Waals surface area contributed by atoms with Gasteiger partial charge >= 0.3 is 0 Å². The van der Waals surface area contributed by atoms with Gasteiger partial charge in [-0.1, -0.05) is 32.9 Å². The Labute approximate surface area is 205 Å². The van der Waals surface area contributed by atoms with Crippen LogP contribution in [0.15, 0.2) is 18.2 Å². The Balaban J connectivity index is 1.54. The minimum atomic E-state index is -0.778. The molecule has 1 aliphatic heterocycles. The van der Waals surface area contributed by atoms with Gasteiger partial charge in [-0.05, 0) is 71.6 Å². The second-order valence-electron chi connectivity index (χ2n) is 10.8. The highest BCUT2D eigenvalue weighted by molar-refractivity contribution is 14.1. The predicted octanol–water partition coefficient (Wildman–Crippen LogP) is 3.03. The fraction of sp³-hybridized carbons (Fsp3) is 0.720. The Bertz CT molecular complexity index is 860. The first-order chi connectivity index (χ1) is 15.1. The number of amides is 1. The van der Waals surface area contributed by atoms with Crippen LogP contribution in [-0.2, 0) is 11.3 Å². The molecule has 3 saturated carbocycles. The number of β-amino-alcohol motifs (C(OH)–C–C–N with tert-alkyl or cyclic N) is 1. The number of fused-ring (bicyclic) bond motifs is 2. The van der Waals surface area contributed by atoms with E-state index >= 15 is 0 Å². The molecule has 3 aliphatic carbocycles. The number of aliphatic hydroxyl groups excluding tert-OH is 2. The number of para-hydroxylation sites is 1. The number of carbonyl (C=O) groups excluding carboxylic acids is 1. The molecule has 178 valence electrons. The smallest absolute Gasteiger partial charge is 0.238 e. The van der Waals surface area contributed by atoms with Crippen LogP contribution >= 0.6 is 22.6 Å². The Morgan fingerprint density at radius 3 is 2.69 bits per heavy atom. The normalized spacial score (nSPS) is 36.9. The van der Waals surface area contributed by atoms with Crippen LogP contribution < -0.4 is 10.1 Å². The van der Waals surface area contributed by atoms with Crippen molar-refractivity contribution in [3.05, 3.63) is 27.3 Å². The third-order valence-corrected chi connectivity index (χ3v) is 9.61. The summed E-state index contributed by atoms with van der Waals surface area (Å²) in [5.41, 5.74) is 1.34. The molecule has 1 unspecified atom stereocenters. The molecule has 4 aliphatic rings. The number of ether oxygens (including phenoxy) is 1. The molecule has 1 aromatic carbocycles. The molecule has 5 rings (SSSR count). The summed E-state index contributed by atoms with van der Waals surface area (Å²) in [7, 11) is 1.65. The zero-order valence-corrected chi connectivity index (χ0v) is 21.9. The fourth-order valence-electron chi connectivity index (χ4n) is 6.75. The van der Waals surface area contributed by atoms with E-state index in [2.05, 4.69) is 48.7 Å². The number of halogens is 1. The first-order valence-electron chi connectivity index (χ1n) is 11.8. The molecule has 1 saturated heterocycles. The van der Waals surface area contributed by atoms with E-state index in [0.717, 1.165) is 21.3 Å². The molecule has 3 N–H and O–H groups in total. The van der Waals surface area contributed by atoms with Crippen molar-refractivity contribution in [2.45, 2.75) is 71.4 Å². The maximum Gasteiger partial charge on any atom is 0.238 e. The lowest BCUT2D eigenvalue weighted by Crippen LogP contribution is -2.62. The number of hydrogen-bond donors (Lipinski definition) is 3. The molecule has 0 radical (unpaired) electrons. The van der Waals surface area contributed by atoms with Crippen molar-refractivity contribution < 1.29 is 19.7 Å². The molecule has 1 heterocycles. The van der Waals surface area contributed by atoms with Crippen LogP contribution in [-0.4, -0.2) is 59.0 Å². The van der Waals surface area contributed by atoms with Crippen molar-refractivity contribution in [3.63, 3.8) is 0 Å². The molecule has 0 spiro atoms. The maximum atomic E-state index is 13.6. The predicted molar refractivity (Wildman–Crippen MR) is 132 cm³/mol. The first kappa shape index (κ1) is 24.2. The van der Waals surface area contributed by atoms with Gasteiger partial charge in [0.25, 0.3) is 0 Å². The second-order valence-corrected chi connectivity index (χ2v) is 11.9. The Morgan fingerprint density at radius 1 is 1.38 bits per heavy atom. The van der Waals surface area contributed by atoms with Crippen molar-refractivity contribution in [2.75, 3.05) is 13.7 Å². The van der Waals surface area contributed by atoms with E-state index in [1.807, 2.05) is 23.1 Å². The van der Waals surface area contributed by atoms with Gasteiger partial charge in [0.1, 0.15) is 5.75 Å². The van der Waals surface area contributed by atoms with Gasteiger partial charge in [0.2, 0.25) is 5.91 Å². The average Bonchev–Trinajstić information content (AvgIpc) is 3.05. The number of nitrogens with one attached hydrogen (secondary N) is 1. The summed E-state index contributed by atoms with van der Waals surface area (Å²) in [5, 5.41) is 24.6. The van der Waals surface area contributed by atoms with E-state index in [0.29, 0.717) is 36.3 Å². The number of likely N-dealkylation sites (tertiary alicyclic amines) is 1. The number of hydrogen-bond acceptors (Lipinski definition) is 5. The van der Waals surface area contributed by atoms with Gasteiger partial charge < -0.3 is 20.3 Å². The summed E-state index contributed by atoms with van der Waals surface area (Å²) < 4.78 is 6.62. The quantitative estimate of drug-likeness (QED) is 0.470. The molecule has 0 aromatic heterocycles. The van der Waals surface area contributed by atoms with E-state index in [4.69, 9.17) is 4.74 Å². The largest absolute Gasteiger partial charge is 0.495 e. The molecule has 1 aromatic rings. The first-order valence-corrected chi connectivity index (χ1v) is 12.9. The van der Waals surface area contributed by atoms with Gasteiger partial charge in [-0.25, -0.2) is 0 Å². The minimum absolute atomic E-state index is 0.0759. The zero-order valence-electron chi connectivity index (χ0n) is 19.7. The highest BCUT2D eigenvalue weighted by Gasteiger charge is 2.57. The number of methoxy groups -OCH3 is 1. The molecular weight excluding hydrogens is 519 g/mol. The maximum absolute atomic E-state index is 13.6. The van der Waals surface area contributed by atoms with Crippen LogP contribution in [0.5, 0.6) is 5.75 Å². The monoisotopic (exact) mass is 556 g/mol. The molecule has 4 fully saturated rings. The van der Waals surface area contributed by atoms with Gasteiger partial charge in [0, 0.05) is 30.6 Å². The third-order valence-electron chi connectivity index (χ3n) is 8.76. The van der Waals surface area contributed by atoms with Crippen LogP contribution in [0, 0.1) is 32.7 Å². The highest BCUT2D eigenvalue weighted by atomic mass is 127. The Kier molecular flexibility index (Phi) is 6.85. The highest BCUT2D eigenvalue weighted by Crippen LogP contribution is 2.61. The molecule has 7 heteroatoms. The fourth-order valence-corrected chi connectivity index (χ4v) is 7.53. The van der Waals surface area contributed by atoms with Gasteiger partial charge in [-0.15, -0.1) is 0 Å². The SMILES string of the molecule is COc1c(I)cccc1CN1C[C@H](O)[C@@H]([C@H](C)O)[C@H]1C(=O)NC1C[C@H]2C[C@@H]([C@@H]1C)C2(C)C. The molecule has 6 nitrogen and oxygen atoms in total. The minimum Gasteiger partial charge on any atom is -0.495 e. The third kappa shape index (κ3) is 4.07. The molecular formula is C25H37IN2O4. The summed E-state index contributed by atoms with van der Waals surface area (Å²) in [6.07, 6.45) is 0.739. The van der Waals surface area contributed by atoms with Crippen LogP contribution in [0.4, 0.5) is 0 Å². The average molecular weight is 556 g/mol. The van der Waals surface area contributed by atoms with Gasteiger partial charge in [-0.3, -0.25) is 9.69 Å². The lowest BCUT2D eigenvalue weighted by Gasteiger charge is -2.62. The van der Waals surface area contributed by atoms with Crippen LogP contribution in [0.2, 0.25) is 0 Å². The molecule has 1 amide bonds. The van der Waals surface area contributed by atoms with E-state index in [-0.39, 0.29) is 11.9 Å². The summed E-state index contributed by atoms with van der Waals surface area (Å²) >= 11 is 2.25. The van der Waals surface area contributed by atoms with Crippen LogP contribution in [0.1, 0.15) is 46.1 Å². The van der Waals surface area contributed by atoms with Gasteiger partial charge in [0.05, 0.1) is 28.9 Å². The van der Waals surface area contributed by atoms with E-state index in [1.165, 1.54) is 6.42 Å². The van der Waals surface area contributed by atoms with Crippen molar-refractivity contribution >= 4 is 28.5 Å². The standard InChI is InChI=1S/C25H37IN2O4/c1-13-17-9-16(25(17,3)4)10-19(13)27-24(31)22-21(14(2)29)20(30)12-28(22)11-15-7-6-8-18(26)23(15)32-5/h6-8,13-14,16-17,19-22,29-30H,9-12H2,1-5H3,(H,27,31)/t13-,14-,16+,17-,19?,20-,21+,22-/m0/s1. The van der Waals surface area contributed by atoms with Crippen molar-refractivity contribution in [1.82, 2.24) is 10.2 Å². The number of benzene rings is 1. The second kappa shape index (κ2) is 9.04. The van der Waals surface area contributed by atoms with E-state index in [9.17, 15) is 15.0 Å². The number of rotatable bonds is 6. The number of nitrogens with zero attached hydrogens (tertiary/aromatic N) is 1. The van der Waals surface area contributed by atoms with Crippen molar-refractivity contribution in [1.29, 1.82) is 0 Å². The van der Waals surface area contributed by atoms with E-state index in [1.54, 1.807) is 14.0 Å². The van der Waals surface area contributed by atoms with Crippen LogP contribution in [0.25, 0.3) is 0 Å². The number of carbonyl (C=O) groups is 1. The molecule has 8 atom stereocenters. The lowest BCUT2D eigenvalue weighted by molar-refractivity contribution is -0.139.